The van der Waals surface area contributed by atoms with Crippen LogP contribution in [0.15, 0.2) is 71.6 Å². The summed E-state index contributed by atoms with van der Waals surface area (Å²) in [4.78, 5) is 25.1. The first-order valence-electron chi connectivity index (χ1n) is 11.5. The highest BCUT2D eigenvalue weighted by atomic mass is 35.5. The van der Waals surface area contributed by atoms with Gasteiger partial charge in [0.25, 0.3) is 10.0 Å². The first kappa shape index (κ1) is 27.2. The van der Waals surface area contributed by atoms with Crippen LogP contribution in [0, 0.1) is 13.8 Å². The predicted molar refractivity (Wildman–Crippen MR) is 142 cm³/mol. The van der Waals surface area contributed by atoms with E-state index in [4.69, 9.17) is 16.3 Å². The van der Waals surface area contributed by atoms with Gasteiger partial charge in [0, 0.05) is 10.7 Å². The summed E-state index contributed by atoms with van der Waals surface area (Å²) in [6, 6.07) is 17.5. The van der Waals surface area contributed by atoms with Crippen molar-refractivity contribution in [2.75, 3.05) is 22.8 Å². The van der Waals surface area contributed by atoms with E-state index >= 15 is 0 Å². The van der Waals surface area contributed by atoms with Gasteiger partial charge in [-0.25, -0.2) is 13.2 Å². The van der Waals surface area contributed by atoms with Crippen LogP contribution in [-0.4, -0.2) is 33.4 Å². The number of carbonyl (C=O) groups excluding carboxylic acids is 2. The van der Waals surface area contributed by atoms with Crippen molar-refractivity contribution in [3.63, 3.8) is 0 Å². The number of hydrogen-bond acceptors (Lipinski definition) is 5. The summed E-state index contributed by atoms with van der Waals surface area (Å²) in [6.45, 7) is 5.54. The molecule has 3 aromatic rings. The third-order valence-electron chi connectivity index (χ3n) is 5.48. The van der Waals surface area contributed by atoms with E-state index in [0.717, 1.165) is 28.3 Å². The Morgan fingerprint density at radius 2 is 1.64 bits per heavy atom. The van der Waals surface area contributed by atoms with Gasteiger partial charge in [0.2, 0.25) is 5.91 Å². The van der Waals surface area contributed by atoms with Crippen LogP contribution in [0.2, 0.25) is 5.02 Å². The largest absolute Gasteiger partial charge is 0.462 e. The molecule has 0 bridgehead atoms. The zero-order valence-electron chi connectivity index (χ0n) is 20.5. The number of sulfonamides is 1. The van der Waals surface area contributed by atoms with E-state index in [1.54, 1.807) is 55.5 Å². The Balaban J connectivity index is 1.81. The van der Waals surface area contributed by atoms with Crippen LogP contribution in [0.25, 0.3) is 0 Å². The number of unbranched alkanes of at least 4 members (excludes halogenated alkanes) is 1. The number of nitrogens with zero attached hydrogens (tertiary/aromatic N) is 1. The molecule has 1 amide bonds. The monoisotopic (exact) mass is 528 g/mol. The molecule has 0 atom stereocenters. The van der Waals surface area contributed by atoms with Crippen molar-refractivity contribution in [1.82, 2.24) is 0 Å². The molecule has 36 heavy (non-hydrogen) atoms. The van der Waals surface area contributed by atoms with E-state index in [2.05, 4.69) is 5.32 Å². The lowest BCUT2D eigenvalue weighted by molar-refractivity contribution is -0.114. The average molecular weight is 529 g/mol. The molecule has 0 saturated heterocycles. The number of hydrogen-bond donors (Lipinski definition) is 1. The Bertz CT molecular complexity index is 1320. The van der Waals surface area contributed by atoms with Crippen molar-refractivity contribution in [2.45, 2.75) is 38.5 Å². The first-order valence-corrected chi connectivity index (χ1v) is 13.4. The van der Waals surface area contributed by atoms with Gasteiger partial charge in [-0.1, -0.05) is 48.7 Å². The summed E-state index contributed by atoms with van der Waals surface area (Å²) in [6.07, 6.45) is 1.71. The van der Waals surface area contributed by atoms with E-state index in [0.29, 0.717) is 22.9 Å². The Morgan fingerprint density at radius 3 is 2.25 bits per heavy atom. The molecule has 3 rings (SSSR count). The molecule has 0 aromatic heterocycles. The maximum absolute atomic E-state index is 13.5. The van der Waals surface area contributed by atoms with Crippen molar-refractivity contribution in [3.8, 4) is 0 Å². The Morgan fingerprint density at radius 1 is 0.972 bits per heavy atom. The van der Waals surface area contributed by atoms with Crippen LogP contribution in [-0.2, 0) is 19.6 Å². The second-order valence-electron chi connectivity index (χ2n) is 8.37. The zero-order valence-corrected chi connectivity index (χ0v) is 22.0. The van der Waals surface area contributed by atoms with Crippen LogP contribution < -0.4 is 9.62 Å². The van der Waals surface area contributed by atoms with Gasteiger partial charge < -0.3 is 10.1 Å². The van der Waals surface area contributed by atoms with Gasteiger partial charge in [0.1, 0.15) is 6.54 Å². The number of anilines is 2. The number of amides is 1. The maximum Gasteiger partial charge on any atom is 0.338 e. The summed E-state index contributed by atoms with van der Waals surface area (Å²) in [5, 5.41) is 3.08. The van der Waals surface area contributed by atoms with E-state index in [-0.39, 0.29) is 10.6 Å². The molecule has 190 valence electrons. The maximum atomic E-state index is 13.5. The summed E-state index contributed by atoms with van der Waals surface area (Å²) in [7, 11) is -4.06. The molecule has 0 aliphatic heterocycles. The first-order chi connectivity index (χ1) is 17.1. The van der Waals surface area contributed by atoms with E-state index in [1.165, 1.54) is 18.2 Å². The van der Waals surface area contributed by atoms with E-state index in [1.807, 2.05) is 13.8 Å². The summed E-state index contributed by atoms with van der Waals surface area (Å²) >= 11 is 6.26. The minimum atomic E-state index is -4.06. The third-order valence-corrected chi connectivity index (χ3v) is 7.67. The molecule has 0 fully saturated rings. The van der Waals surface area contributed by atoms with Gasteiger partial charge in [-0.2, -0.15) is 0 Å². The molecular weight excluding hydrogens is 500 g/mol. The van der Waals surface area contributed by atoms with Gasteiger partial charge in [-0.05, 0) is 74.4 Å². The van der Waals surface area contributed by atoms with Crippen molar-refractivity contribution in [1.29, 1.82) is 0 Å². The number of halogens is 1. The van der Waals surface area contributed by atoms with Gasteiger partial charge in [0.05, 0.1) is 22.8 Å². The second-order valence-corrected chi connectivity index (χ2v) is 10.6. The second kappa shape index (κ2) is 12.1. The predicted octanol–water partition coefficient (Wildman–Crippen LogP) is 5.75. The minimum Gasteiger partial charge on any atom is -0.462 e. The number of rotatable bonds is 10. The molecule has 0 aliphatic carbocycles. The van der Waals surface area contributed by atoms with Gasteiger partial charge in [-0.15, -0.1) is 0 Å². The molecule has 0 aliphatic rings. The number of nitrogens with one attached hydrogen (secondary N) is 1. The molecule has 0 radical (unpaired) electrons. The molecule has 0 unspecified atom stereocenters. The molecular formula is C27H29ClN2O5S. The third kappa shape index (κ3) is 6.86. The lowest BCUT2D eigenvalue weighted by Gasteiger charge is -2.24. The number of esters is 1. The molecule has 7 nitrogen and oxygen atoms in total. The Labute approximate surface area is 217 Å². The van der Waals surface area contributed by atoms with Crippen molar-refractivity contribution < 1.29 is 22.7 Å². The summed E-state index contributed by atoms with van der Waals surface area (Å²) in [5.41, 5.74) is 2.74. The fraction of sp³-hybridized carbons (Fsp3) is 0.259. The SMILES string of the molecule is CCCCOC(=O)c1ccc(NC(=O)CN(c2ccc(C)c(Cl)c2)S(=O)(=O)c2ccc(C)cc2)cc1. The van der Waals surface area contributed by atoms with Crippen LogP contribution in [0.4, 0.5) is 11.4 Å². The topological polar surface area (TPSA) is 92.8 Å². The van der Waals surface area contributed by atoms with E-state index < -0.39 is 28.4 Å². The Kier molecular flexibility index (Phi) is 9.12. The normalized spacial score (nSPS) is 11.1. The smallest absolute Gasteiger partial charge is 0.338 e. The highest BCUT2D eigenvalue weighted by Crippen LogP contribution is 2.28. The summed E-state index contributed by atoms with van der Waals surface area (Å²) < 4.78 is 33.2. The molecule has 0 spiro atoms. The minimum absolute atomic E-state index is 0.0588. The van der Waals surface area contributed by atoms with Crippen molar-refractivity contribution in [2.24, 2.45) is 0 Å². The average Bonchev–Trinajstić information content (AvgIpc) is 2.85. The Hall–Kier alpha value is -3.36. The van der Waals surface area contributed by atoms with Crippen LogP contribution in [0.1, 0.15) is 41.3 Å². The highest BCUT2D eigenvalue weighted by Gasteiger charge is 2.27. The molecule has 1 N–H and O–H groups in total. The molecule has 3 aromatic carbocycles. The standard InChI is InChI=1S/C27H29ClN2O5S/c1-4-5-16-35-27(32)21-9-11-22(12-10-21)29-26(31)18-30(23-13-8-20(3)25(28)17-23)36(33,34)24-14-6-19(2)7-15-24/h6-15,17H,4-5,16,18H2,1-3H3,(H,29,31). The van der Waals surface area contributed by atoms with Gasteiger partial charge in [-0.3, -0.25) is 9.10 Å². The zero-order chi connectivity index (χ0) is 26.3. The highest BCUT2D eigenvalue weighted by molar-refractivity contribution is 7.92. The van der Waals surface area contributed by atoms with Crippen LogP contribution >= 0.6 is 11.6 Å². The number of aryl methyl sites for hydroxylation is 2. The van der Waals surface area contributed by atoms with Crippen LogP contribution in [0.5, 0.6) is 0 Å². The molecule has 0 heterocycles. The molecule has 0 saturated carbocycles. The van der Waals surface area contributed by atoms with Crippen molar-refractivity contribution in [3.05, 3.63) is 88.4 Å². The lowest BCUT2D eigenvalue weighted by Crippen LogP contribution is -2.38. The fourth-order valence-electron chi connectivity index (χ4n) is 3.30. The summed E-state index contributed by atoms with van der Waals surface area (Å²) in [5.74, 6) is -0.992. The quantitative estimate of drug-likeness (QED) is 0.267. The van der Waals surface area contributed by atoms with E-state index in [9.17, 15) is 18.0 Å². The molecule has 9 heteroatoms. The number of ether oxygens (including phenoxy) is 1. The lowest BCUT2D eigenvalue weighted by atomic mass is 10.2. The number of carbonyl (C=O) groups is 2. The number of benzene rings is 3. The fourth-order valence-corrected chi connectivity index (χ4v) is 4.89. The van der Waals surface area contributed by atoms with Gasteiger partial charge >= 0.3 is 5.97 Å². The van der Waals surface area contributed by atoms with Crippen LogP contribution in [0.3, 0.4) is 0 Å². The van der Waals surface area contributed by atoms with Crippen molar-refractivity contribution >= 4 is 44.9 Å². The van der Waals surface area contributed by atoms with Gasteiger partial charge in [0.15, 0.2) is 0 Å².